The molecule has 0 unspecified atom stereocenters. The summed E-state index contributed by atoms with van der Waals surface area (Å²) in [6, 6.07) is 12.1. The summed E-state index contributed by atoms with van der Waals surface area (Å²) in [7, 11) is 0. The Balaban J connectivity index is 1.66. The highest BCUT2D eigenvalue weighted by molar-refractivity contribution is 6.25. The van der Waals surface area contributed by atoms with E-state index in [0.717, 1.165) is 11.1 Å². The van der Waals surface area contributed by atoms with Gasteiger partial charge >= 0.3 is 0 Å². The summed E-state index contributed by atoms with van der Waals surface area (Å²) in [5, 5.41) is 0.362. The lowest BCUT2D eigenvalue weighted by molar-refractivity contribution is 0.669. The van der Waals surface area contributed by atoms with Gasteiger partial charge < -0.3 is 4.42 Å². The van der Waals surface area contributed by atoms with Gasteiger partial charge in [0.25, 0.3) is 0 Å². The zero-order valence-corrected chi connectivity index (χ0v) is 20.3. The lowest BCUT2D eigenvalue weighted by Gasteiger charge is -2.18. The van der Waals surface area contributed by atoms with E-state index in [1.54, 1.807) is 18.2 Å². The molecule has 0 radical (unpaired) electrons. The van der Waals surface area contributed by atoms with Crippen molar-refractivity contribution in [3.63, 3.8) is 0 Å². The Bertz CT molecular complexity index is 2770. The molecular weight excluding hydrogens is 472 g/mol. The highest BCUT2D eigenvalue weighted by Crippen LogP contribution is 2.46. The average molecular weight is 510 g/mol. The topological polar surface area (TPSA) is 13.1 Å². The van der Waals surface area contributed by atoms with Crippen LogP contribution in [-0.2, 0) is 0 Å². The molecule has 0 aliphatic rings. The van der Waals surface area contributed by atoms with Crippen LogP contribution in [0.15, 0.2) is 150 Å². The monoisotopic (exact) mass is 509 g/mol. The minimum Gasteiger partial charge on any atom is -0.456 e. The maximum atomic E-state index is 9.25. The molecule has 39 heavy (non-hydrogen) atoms. The normalized spacial score (nSPS) is 16.3. The van der Waals surface area contributed by atoms with Crippen molar-refractivity contribution in [2.45, 2.75) is 0 Å². The van der Waals surface area contributed by atoms with Crippen LogP contribution in [0, 0.1) is 0 Å². The number of fused-ring (bicyclic) bond motifs is 5. The first-order valence-corrected chi connectivity index (χ1v) is 12.3. The minimum atomic E-state index is -0.715. The Kier molecular flexibility index (Phi) is 2.82. The molecule has 0 saturated carbocycles. The van der Waals surface area contributed by atoms with Crippen LogP contribution in [0.2, 0.25) is 0 Å². The molecule has 0 fully saturated rings. The SMILES string of the molecule is [2H]c1c([2H])c([2H])c(-c2c3c([2H])c([2H])c([2H])c([2H])c3c(-c3cccc4oc5cc(-c6ccccc6)ccc5c34)c3c([2H])c([2H])c([2H])c([2H])c23)c([2H])c1[2H]. The van der Waals surface area contributed by atoms with E-state index < -0.39 is 84.1 Å². The van der Waals surface area contributed by atoms with Crippen molar-refractivity contribution < 1.29 is 22.2 Å². The number of benzene rings is 7. The Morgan fingerprint density at radius 3 is 1.77 bits per heavy atom. The molecule has 0 atom stereocenters. The van der Waals surface area contributed by atoms with Crippen molar-refractivity contribution in [1.29, 1.82) is 0 Å². The van der Waals surface area contributed by atoms with E-state index in [2.05, 4.69) is 0 Å². The van der Waals surface area contributed by atoms with Crippen LogP contribution in [-0.4, -0.2) is 0 Å². The van der Waals surface area contributed by atoms with Gasteiger partial charge in [-0.05, 0) is 73.1 Å². The maximum absolute atomic E-state index is 9.25. The molecule has 0 bridgehead atoms. The minimum absolute atomic E-state index is 0.0561. The Morgan fingerprint density at radius 1 is 0.436 bits per heavy atom. The first-order valence-electron chi connectivity index (χ1n) is 18.8. The van der Waals surface area contributed by atoms with Gasteiger partial charge in [-0.3, -0.25) is 0 Å². The summed E-state index contributed by atoms with van der Waals surface area (Å²) in [6.45, 7) is 0. The van der Waals surface area contributed by atoms with Crippen LogP contribution in [0.3, 0.4) is 0 Å². The molecule has 0 spiro atoms. The van der Waals surface area contributed by atoms with E-state index in [1.165, 1.54) is 0 Å². The smallest absolute Gasteiger partial charge is 0.136 e. The summed E-state index contributed by atoms with van der Waals surface area (Å²) in [5.41, 5.74) is 2.40. The third kappa shape index (κ3) is 3.41. The fourth-order valence-electron chi connectivity index (χ4n) is 5.36. The summed E-state index contributed by atoms with van der Waals surface area (Å²) in [4.78, 5) is 0. The summed E-state index contributed by atoms with van der Waals surface area (Å²) >= 11 is 0. The van der Waals surface area contributed by atoms with Gasteiger partial charge in [0.15, 0.2) is 0 Å². The molecule has 1 heterocycles. The third-order valence-electron chi connectivity index (χ3n) is 7.00. The van der Waals surface area contributed by atoms with Gasteiger partial charge in [0.05, 0.1) is 17.8 Å². The highest BCUT2D eigenvalue weighted by atomic mass is 16.3. The first kappa shape index (κ1) is 12.6. The third-order valence-corrected chi connectivity index (χ3v) is 7.00. The molecule has 0 aliphatic heterocycles. The summed E-state index contributed by atoms with van der Waals surface area (Å²) in [6.07, 6.45) is 0. The van der Waals surface area contributed by atoms with Gasteiger partial charge in [0, 0.05) is 10.8 Å². The predicted molar refractivity (Wildman–Crippen MR) is 165 cm³/mol. The van der Waals surface area contributed by atoms with Crippen molar-refractivity contribution in [2.24, 2.45) is 0 Å². The Labute approximate surface area is 244 Å². The van der Waals surface area contributed by atoms with Crippen LogP contribution in [0.1, 0.15) is 17.8 Å². The molecular formula is C38H24O. The second-order valence-corrected chi connectivity index (χ2v) is 9.11. The first-order chi connectivity index (χ1) is 24.8. The molecule has 8 aromatic rings. The number of hydrogen-bond acceptors (Lipinski definition) is 1. The van der Waals surface area contributed by atoms with Crippen molar-refractivity contribution in [3.8, 4) is 33.4 Å². The fraction of sp³-hybridized carbons (Fsp3) is 0. The van der Waals surface area contributed by atoms with E-state index in [1.807, 2.05) is 48.5 Å². The zero-order chi connectivity index (χ0) is 37.1. The second kappa shape index (κ2) is 8.72. The zero-order valence-electron chi connectivity index (χ0n) is 33.3. The number of hydrogen-bond donors (Lipinski definition) is 0. The molecule has 182 valence electrons. The van der Waals surface area contributed by atoms with Crippen LogP contribution < -0.4 is 0 Å². The molecule has 0 amide bonds. The van der Waals surface area contributed by atoms with Crippen molar-refractivity contribution in [2.75, 3.05) is 0 Å². The Hall–Kier alpha value is -5.14. The molecule has 1 heteroatoms. The largest absolute Gasteiger partial charge is 0.456 e. The molecule has 0 saturated heterocycles. The second-order valence-electron chi connectivity index (χ2n) is 9.11. The van der Waals surface area contributed by atoms with Gasteiger partial charge in [0.1, 0.15) is 11.2 Å². The molecule has 0 N–H and O–H groups in total. The van der Waals surface area contributed by atoms with E-state index in [0.29, 0.717) is 27.5 Å². The van der Waals surface area contributed by atoms with Crippen molar-refractivity contribution >= 4 is 43.5 Å². The van der Waals surface area contributed by atoms with Crippen molar-refractivity contribution in [3.05, 3.63) is 145 Å². The fourth-order valence-corrected chi connectivity index (χ4v) is 5.36. The van der Waals surface area contributed by atoms with Gasteiger partial charge in [-0.15, -0.1) is 0 Å². The predicted octanol–water partition coefficient (Wildman–Crippen LogP) is 10.9. The van der Waals surface area contributed by atoms with Gasteiger partial charge in [-0.2, -0.15) is 0 Å². The summed E-state index contributed by atoms with van der Waals surface area (Å²) in [5.74, 6) is 0. The lowest BCUT2D eigenvalue weighted by Crippen LogP contribution is -1.91. The van der Waals surface area contributed by atoms with Gasteiger partial charge in [0.2, 0.25) is 0 Å². The number of rotatable bonds is 3. The van der Waals surface area contributed by atoms with E-state index in [-0.39, 0.29) is 32.7 Å². The molecule has 7 aromatic carbocycles. The highest BCUT2D eigenvalue weighted by Gasteiger charge is 2.20. The maximum Gasteiger partial charge on any atom is 0.136 e. The van der Waals surface area contributed by atoms with E-state index >= 15 is 0 Å². The van der Waals surface area contributed by atoms with Crippen LogP contribution in [0.5, 0.6) is 0 Å². The van der Waals surface area contributed by atoms with Crippen LogP contribution in [0.25, 0.3) is 76.9 Å². The lowest BCUT2D eigenvalue weighted by atomic mass is 9.85. The van der Waals surface area contributed by atoms with Gasteiger partial charge in [-0.1, -0.05) is 127 Å². The Morgan fingerprint density at radius 2 is 1.08 bits per heavy atom. The van der Waals surface area contributed by atoms with Gasteiger partial charge in [-0.25, -0.2) is 0 Å². The molecule has 8 rings (SSSR count). The quantitative estimate of drug-likeness (QED) is 0.216. The average Bonchev–Trinajstić information content (AvgIpc) is 3.54. The standard InChI is InChI=1S/C38H24O/c1-3-12-25(13-4-1)27-22-23-32-35(24-27)39-34-21-11-20-33(38(32)34)37-30-18-9-7-16-28(30)36(26-14-5-2-6-15-26)29-17-8-10-19-31(29)37/h1-24H/i2D,5D,6D,7D,8D,9D,10D,14D,15D,16D,17D,18D,19D. The molecule has 0 aliphatic carbocycles. The van der Waals surface area contributed by atoms with Crippen LogP contribution >= 0.6 is 0 Å². The van der Waals surface area contributed by atoms with Crippen molar-refractivity contribution in [1.82, 2.24) is 0 Å². The van der Waals surface area contributed by atoms with E-state index in [4.69, 9.17) is 16.8 Å². The molecule has 1 nitrogen and oxygen atoms in total. The van der Waals surface area contributed by atoms with Crippen LogP contribution in [0.4, 0.5) is 0 Å². The summed E-state index contributed by atoms with van der Waals surface area (Å²) < 4.78 is 121. The van der Waals surface area contributed by atoms with E-state index in [9.17, 15) is 5.48 Å². The number of furan rings is 1. The molecule has 1 aromatic heterocycles.